The molecular weight excluding hydrogens is 366 g/mol. The van der Waals surface area contributed by atoms with E-state index in [2.05, 4.69) is 12.2 Å². The topological polar surface area (TPSA) is 72.5 Å². The molecule has 1 unspecified atom stereocenters. The van der Waals surface area contributed by atoms with Gasteiger partial charge in [0.1, 0.15) is 0 Å². The number of carbonyl (C=O) groups is 3. The Morgan fingerprint density at radius 3 is 2.21 bits per heavy atom. The Morgan fingerprint density at radius 2 is 1.62 bits per heavy atom. The minimum atomic E-state index is -0.450. The molecule has 1 aromatic rings. The fourth-order valence-electron chi connectivity index (χ4n) is 3.41. The zero-order chi connectivity index (χ0) is 21.7. The van der Waals surface area contributed by atoms with Crippen LogP contribution in [0, 0.1) is 0 Å². The molecule has 0 radical (unpaired) electrons. The number of hydrogen-bond donors (Lipinski definition) is 1. The summed E-state index contributed by atoms with van der Waals surface area (Å²) in [5, 5.41) is 2.98. The summed E-state index contributed by atoms with van der Waals surface area (Å²) in [5.41, 5.74) is 1.44. The van der Waals surface area contributed by atoms with Gasteiger partial charge in [-0.15, -0.1) is 0 Å². The first kappa shape index (κ1) is 24.9. The minimum Gasteiger partial charge on any atom is -0.466 e. The van der Waals surface area contributed by atoms with Gasteiger partial charge >= 0.3 is 5.97 Å². The van der Waals surface area contributed by atoms with Crippen molar-refractivity contribution >= 4 is 17.7 Å². The highest BCUT2D eigenvalue weighted by molar-refractivity contribution is 5.96. The number of carbonyl (C=O) groups excluding carboxylic acids is 3. The van der Waals surface area contributed by atoms with Crippen LogP contribution in [0.2, 0.25) is 0 Å². The molecule has 0 saturated carbocycles. The second kappa shape index (κ2) is 13.1. The summed E-state index contributed by atoms with van der Waals surface area (Å²) in [6, 6.07) is 7.78. The number of ketones is 1. The highest BCUT2D eigenvalue weighted by Crippen LogP contribution is 2.20. The van der Waals surface area contributed by atoms with Crippen molar-refractivity contribution in [2.45, 2.75) is 91.0 Å². The van der Waals surface area contributed by atoms with Crippen molar-refractivity contribution in [3.63, 3.8) is 0 Å². The van der Waals surface area contributed by atoms with E-state index >= 15 is 0 Å². The maximum atomic E-state index is 12.3. The van der Waals surface area contributed by atoms with Gasteiger partial charge in [0.2, 0.25) is 5.91 Å². The van der Waals surface area contributed by atoms with Crippen LogP contribution < -0.4 is 5.32 Å². The molecule has 0 fully saturated rings. The summed E-state index contributed by atoms with van der Waals surface area (Å²) in [6.07, 6.45) is 8.38. The van der Waals surface area contributed by atoms with Gasteiger partial charge in [-0.2, -0.15) is 0 Å². The minimum absolute atomic E-state index is 0.102. The van der Waals surface area contributed by atoms with Gasteiger partial charge in [-0.25, -0.2) is 0 Å². The molecule has 0 aliphatic rings. The first-order valence-corrected chi connectivity index (χ1v) is 10.8. The van der Waals surface area contributed by atoms with Gasteiger partial charge in [-0.05, 0) is 31.7 Å². The van der Waals surface area contributed by atoms with Gasteiger partial charge in [-0.3, -0.25) is 14.4 Å². The van der Waals surface area contributed by atoms with Gasteiger partial charge in [0.05, 0.1) is 6.61 Å². The Kier molecular flexibility index (Phi) is 11.3. The van der Waals surface area contributed by atoms with Gasteiger partial charge in [0.25, 0.3) is 0 Å². The standard InChI is InChI=1S/C24H37NO4/c1-5-6-7-8-9-10-23(28)22-13-11-21(12-14-22)15-16-24(4,25-19(2)26)17-18-29-20(3)27/h11-14H,5-10,15-18H2,1-4H3,(H,25,26). The molecule has 5 nitrogen and oxygen atoms in total. The highest BCUT2D eigenvalue weighted by Gasteiger charge is 2.25. The van der Waals surface area contributed by atoms with E-state index in [-0.39, 0.29) is 24.3 Å². The number of rotatable bonds is 14. The Hall–Kier alpha value is -2.17. The van der Waals surface area contributed by atoms with Gasteiger partial charge in [0, 0.05) is 37.8 Å². The van der Waals surface area contributed by atoms with E-state index in [4.69, 9.17) is 4.74 Å². The molecule has 1 aromatic carbocycles. The number of ether oxygens (including phenoxy) is 1. The van der Waals surface area contributed by atoms with Crippen molar-refractivity contribution in [1.29, 1.82) is 0 Å². The molecule has 1 amide bonds. The van der Waals surface area contributed by atoms with E-state index in [1.165, 1.54) is 33.1 Å². The molecule has 0 bridgehead atoms. The molecule has 0 aliphatic heterocycles. The Bertz CT molecular complexity index is 653. The molecule has 0 spiro atoms. The maximum Gasteiger partial charge on any atom is 0.302 e. The fraction of sp³-hybridized carbons (Fsp3) is 0.625. The van der Waals surface area contributed by atoms with Crippen molar-refractivity contribution in [2.75, 3.05) is 6.61 Å². The molecule has 162 valence electrons. The van der Waals surface area contributed by atoms with Gasteiger partial charge < -0.3 is 10.1 Å². The second-order valence-corrected chi connectivity index (χ2v) is 8.12. The zero-order valence-corrected chi connectivity index (χ0v) is 18.5. The van der Waals surface area contributed by atoms with Crippen molar-refractivity contribution in [3.8, 4) is 0 Å². The molecule has 5 heteroatoms. The normalized spacial score (nSPS) is 12.8. The predicted octanol–water partition coefficient (Wildman–Crippen LogP) is 5.01. The molecular formula is C24H37NO4. The van der Waals surface area contributed by atoms with Gasteiger partial charge in [0.15, 0.2) is 5.78 Å². The third-order valence-corrected chi connectivity index (χ3v) is 5.19. The number of unbranched alkanes of at least 4 members (excludes halogenated alkanes) is 4. The number of amides is 1. The smallest absolute Gasteiger partial charge is 0.302 e. The molecule has 0 heterocycles. The Labute approximate surface area is 175 Å². The van der Waals surface area contributed by atoms with Crippen LogP contribution in [0.25, 0.3) is 0 Å². The highest BCUT2D eigenvalue weighted by atomic mass is 16.5. The van der Waals surface area contributed by atoms with Crippen LogP contribution in [0.1, 0.15) is 95.0 Å². The fourth-order valence-corrected chi connectivity index (χ4v) is 3.41. The lowest BCUT2D eigenvalue weighted by Gasteiger charge is -2.30. The summed E-state index contributed by atoms with van der Waals surface area (Å²) in [4.78, 5) is 34.9. The van der Waals surface area contributed by atoms with Crippen LogP contribution in [0.15, 0.2) is 24.3 Å². The lowest BCUT2D eigenvalue weighted by atomic mass is 9.89. The second-order valence-electron chi connectivity index (χ2n) is 8.12. The molecule has 29 heavy (non-hydrogen) atoms. The van der Waals surface area contributed by atoms with E-state index in [0.717, 1.165) is 36.8 Å². The van der Waals surface area contributed by atoms with Crippen molar-refractivity contribution in [1.82, 2.24) is 5.32 Å². The summed E-state index contributed by atoms with van der Waals surface area (Å²) in [6.45, 7) is 7.30. The molecule has 1 atom stereocenters. The third kappa shape index (κ3) is 10.8. The molecule has 1 N–H and O–H groups in total. The number of esters is 1. The van der Waals surface area contributed by atoms with E-state index in [9.17, 15) is 14.4 Å². The van der Waals surface area contributed by atoms with Crippen LogP contribution in [0.4, 0.5) is 0 Å². The number of aryl methyl sites for hydroxylation is 1. The molecule has 1 rings (SSSR count). The van der Waals surface area contributed by atoms with Crippen LogP contribution in [0.5, 0.6) is 0 Å². The number of Topliss-reactive ketones (excluding diaryl/α,β-unsaturated/α-hetero) is 1. The zero-order valence-electron chi connectivity index (χ0n) is 18.5. The van der Waals surface area contributed by atoms with Crippen molar-refractivity contribution in [3.05, 3.63) is 35.4 Å². The summed E-state index contributed by atoms with van der Waals surface area (Å²) >= 11 is 0. The van der Waals surface area contributed by atoms with Crippen LogP contribution >= 0.6 is 0 Å². The number of hydrogen-bond acceptors (Lipinski definition) is 4. The number of benzene rings is 1. The van der Waals surface area contributed by atoms with Crippen molar-refractivity contribution < 1.29 is 19.1 Å². The maximum absolute atomic E-state index is 12.3. The van der Waals surface area contributed by atoms with E-state index < -0.39 is 5.54 Å². The SMILES string of the molecule is CCCCCCCC(=O)c1ccc(CCC(C)(CCOC(C)=O)NC(C)=O)cc1. The average Bonchev–Trinajstić information content (AvgIpc) is 2.65. The monoisotopic (exact) mass is 403 g/mol. The predicted molar refractivity (Wildman–Crippen MR) is 116 cm³/mol. The Morgan fingerprint density at radius 1 is 0.966 bits per heavy atom. The first-order valence-electron chi connectivity index (χ1n) is 10.8. The lowest BCUT2D eigenvalue weighted by Crippen LogP contribution is -2.46. The van der Waals surface area contributed by atoms with Crippen LogP contribution in [-0.2, 0) is 20.7 Å². The lowest BCUT2D eigenvalue weighted by molar-refractivity contribution is -0.141. The average molecular weight is 404 g/mol. The van der Waals surface area contributed by atoms with E-state index in [0.29, 0.717) is 12.8 Å². The van der Waals surface area contributed by atoms with Crippen molar-refractivity contribution in [2.24, 2.45) is 0 Å². The third-order valence-electron chi connectivity index (χ3n) is 5.19. The molecule has 0 aliphatic carbocycles. The summed E-state index contributed by atoms with van der Waals surface area (Å²) in [7, 11) is 0. The Balaban J connectivity index is 2.55. The van der Waals surface area contributed by atoms with E-state index in [1.807, 2.05) is 31.2 Å². The first-order chi connectivity index (χ1) is 13.8. The van der Waals surface area contributed by atoms with Gasteiger partial charge in [-0.1, -0.05) is 56.9 Å². The molecule has 0 saturated heterocycles. The molecule has 0 aromatic heterocycles. The van der Waals surface area contributed by atoms with Crippen LogP contribution in [0.3, 0.4) is 0 Å². The van der Waals surface area contributed by atoms with Crippen LogP contribution in [-0.4, -0.2) is 29.8 Å². The largest absolute Gasteiger partial charge is 0.466 e. The summed E-state index contributed by atoms with van der Waals surface area (Å²) in [5.74, 6) is -0.214. The quantitative estimate of drug-likeness (QED) is 0.269. The number of nitrogens with one attached hydrogen (secondary N) is 1. The van der Waals surface area contributed by atoms with E-state index in [1.54, 1.807) is 0 Å². The summed E-state index contributed by atoms with van der Waals surface area (Å²) < 4.78 is 5.04.